The monoisotopic (exact) mass is 310 g/mol. The lowest BCUT2D eigenvalue weighted by molar-refractivity contribution is 0.388. The molecule has 0 atom stereocenters. The minimum atomic E-state index is 0.605. The van der Waals surface area contributed by atoms with Gasteiger partial charge < -0.3 is 15.2 Å². The summed E-state index contributed by atoms with van der Waals surface area (Å²) in [6, 6.07) is 6.06. The molecule has 0 aliphatic heterocycles. The molecule has 1 aromatic carbocycles. The molecule has 0 bridgehead atoms. The third kappa shape index (κ3) is 3.03. The molecule has 1 aromatic heterocycles. The molecule has 0 saturated heterocycles. The van der Waals surface area contributed by atoms with Crippen molar-refractivity contribution in [3.8, 4) is 0 Å². The van der Waals surface area contributed by atoms with Crippen LogP contribution in [-0.2, 0) is 6.54 Å². The topological polar surface area (TPSA) is 47.1 Å². The summed E-state index contributed by atoms with van der Waals surface area (Å²) in [7, 11) is 4.19. The van der Waals surface area contributed by atoms with Crippen LogP contribution in [0.3, 0.4) is 0 Å². The number of fused-ring (bicyclic) bond motifs is 1. The van der Waals surface area contributed by atoms with Gasteiger partial charge in [-0.2, -0.15) is 0 Å². The summed E-state index contributed by atoms with van der Waals surface area (Å²) in [4.78, 5) is 6.58. The zero-order valence-electron chi connectivity index (χ0n) is 10.9. The molecule has 18 heavy (non-hydrogen) atoms. The fraction of sp³-hybridized carbons (Fsp3) is 0.462. The standard InChI is InChI=1S/C13H19BrN4/c1-17(2)7-3-4-8-18-12-9-10(14)5-6-11(12)16-13(18)15/h5-6,9H,3-4,7-8H2,1-2H3,(H2,15,16). The molecule has 2 aromatic rings. The molecule has 0 radical (unpaired) electrons. The van der Waals surface area contributed by atoms with Gasteiger partial charge >= 0.3 is 0 Å². The average Bonchev–Trinajstić information content (AvgIpc) is 2.60. The molecule has 0 fully saturated rings. The Kier molecular flexibility index (Phi) is 4.24. The first-order valence-corrected chi connectivity index (χ1v) is 6.93. The van der Waals surface area contributed by atoms with Gasteiger partial charge in [-0.1, -0.05) is 15.9 Å². The molecule has 1 heterocycles. The number of halogens is 1. The van der Waals surface area contributed by atoms with Crippen molar-refractivity contribution in [2.75, 3.05) is 26.4 Å². The third-order valence-electron chi connectivity index (χ3n) is 2.98. The van der Waals surface area contributed by atoms with E-state index in [-0.39, 0.29) is 0 Å². The van der Waals surface area contributed by atoms with E-state index in [0.717, 1.165) is 35.0 Å². The van der Waals surface area contributed by atoms with E-state index in [4.69, 9.17) is 5.73 Å². The number of nitrogen functional groups attached to an aromatic ring is 1. The Morgan fingerprint density at radius 3 is 2.83 bits per heavy atom. The van der Waals surface area contributed by atoms with Crippen LogP contribution < -0.4 is 5.73 Å². The molecule has 4 nitrogen and oxygen atoms in total. The van der Waals surface area contributed by atoms with E-state index in [1.165, 1.54) is 6.42 Å². The van der Waals surface area contributed by atoms with Crippen LogP contribution in [0.4, 0.5) is 5.95 Å². The second-order valence-electron chi connectivity index (χ2n) is 4.77. The van der Waals surface area contributed by atoms with Crippen LogP contribution in [0.25, 0.3) is 11.0 Å². The van der Waals surface area contributed by atoms with Crippen molar-refractivity contribution in [2.45, 2.75) is 19.4 Å². The Labute approximate surface area is 116 Å². The molecule has 0 aliphatic carbocycles. The summed E-state index contributed by atoms with van der Waals surface area (Å²) in [6.45, 7) is 2.03. The van der Waals surface area contributed by atoms with Crippen LogP contribution in [0, 0.1) is 0 Å². The third-order valence-corrected chi connectivity index (χ3v) is 3.47. The summed E-state index contributed by atoms with van der Waals surface area (Å²) in [5.74, 6) is 0.605. The van der Waals surface area contributed by atoms with Crippen molar-refractivity contribution in [1.82, 2.24) is 14.5 Å². The minimum absolute atomic E-state index is 0.605. The maximum atomic E-state index is 5.97. The van der Waals surface area contributed by atoms with Crippen LogP contribution in [0.5, 0.6) is 0 Å². The Hall–Kier alpha value is -1.07. The summed E-state index contributed by atoms with van der Waals surface area (Å²) in [5, 5.41) is 0. The normalized spacial score (nSPS) is 11.6. The van der Waals surface area contributed by atoms with Gasteiger partial charge in [0, 0.05) is 11.0 Å². The lowest BCUT2D eigenvalue weighted by Gasteiger charge is -2.10. The molecular weight excluding hydrogens is 292 g/mol. The van der Waals surface area contributed by atoms with Crippen molar-refractivity contribution in [2.24, 2.45) is 0 Å². The van der Waals surface area contributed by atoms with E-state index < -0.39 is 0 Å². The molecule has 0 spiro atoms. The highest BCUT2D eigenvalue weighted by Crippen LogP contribution is 2.22. The number of aryl methyl sites for hydroxylation is 1. The Morgan fingerprint density at radius 1 is 1.33 bits per heavy atom. The highest BCUT2D eigenvalue weighted by atomic mass is 79.9. The Morgan fingerprint density at radius 2 is 2.11 bits per heavy atom. The average molecular weight is 311 g/mol. The van der Waals surface area contributed by atoms with Crippen LogP contribution in [-0.4, -0.2) is 35.1 Å². The first kappa shape index (κ1) is 13.4. The number of benzene rings is 1. The number of hydrogen-bond acceptors (Lipinski definition) is 3. The first-order valence-electron chi connectivity index (χ1n) is 6.14. The number of anilines is 1. The minimum Gasteiger partial charge on any atom is -0.369 e. The molecule has 0 unspecified atom stereocenters. The molecule has 2 rings (SSSR count). The smallest absolute Gasteiger partial charge is 0.201 e. The van der Waals surface area contributed by atoms with Crippen molar-refractivity contribution in [3.05, 3.63) is 22.7 Å². The van der Waals surface area contributed by atoms with Gasteiger partial charge in [0.25, 0.3) is 0 Å². The highest BCUT2D eigenvalue weighted by molar-refractivity contribution is 9.10. The van der Waals surface area contributed by atoms with E-state index in [9.17, 15) is 0 Å². The quantitative estimate of drug-likeness (QED) is 0.864. The summed E-state index contributed by atoms with van der Waals surface area (Å²) in [5.41, 5.74) is 8.04. The fourth-order valence-electron chi connectivity index (χ4n) is 2.05. The molecule has 0 aliphatic rings. The van der Waals surface area contributed by atoms with Gasteiger partial charge in [0.15, 0.2) is 0 Å². The zero-order valence-corrected chi connectivity index (χ0v) is 12.4. The molecule has 0 saturated carbocycles. The number of unbranched alkanes of at least 4 members (excludes halogenated alkanes) is 1. The lowest BCUT2D eigenvalue weighted by atomic mass is 10.3. The van der Waals surface area contributed by atoms with E-state index in [2.05, 4.69) is 50.5 Å². The highest BCUT2D eigenvalue weighted by Gasteiger charge is 2.07. The van der Waals surface area contributed by atoms with Gasteiger partial charge in [-0.05, 0) is 51.7 Å². The van der Waals surface area contributed by atoms with E-state index in [1.54, 1.807) is 0 Å². The molecule has 0 amide bonds. The predicted octanol–water partition coefficient (Wildman–Crippen LogP) is 2.72. The van der Waals surface area contributed by atoms with Gasteiger partial charge in [-0.3, -0.25) is 0 Å². The van der Waals surface area contributed by atoms with Crippen LogP contribution >= 0.6 is 15.9 Å². The summed E-state index contributed by atoms with van der Waals surface area (Å²) < 4.78 is 3.15. The van der Waals surface area contributed by atoms with Gasteiger partial charge in [0.05, 0.1) is 11.0 Å². The summed E-state index contributed by atoms with van der Waals surface area (Å²) in [6.07, 6.45) is 2.28. The molecule has 5 heteroatoms. The second-order valence-corrected chi connectivity index (χ2v) is 5.68. The first-order chi connectivity index (χ1) is 8.58. The van der Waals surface area contributed by atoms with Crippen LogP contribution in [0.15, 0.2) is 22.7 Å². The fourth-order valence-corrected chi connectivity index (χ4v) is 2.40. The maximum Gasteiger partial charge on any atom is 0.201 e. The Balaban J connectivity index is 2.12. The maximum absolute atomic E-state index is 5.97. The molecule has 2 N–H and O–H groups in total. The van der Waals surface area contributed by atoms with Gasteiger partial charge in [0.2, 0.25) is 5.95 Å². The number of nitrogens with two attached hydrogens (primary N) is 1. The van der Waals surface area contributed by atoms with Gasteiger partial charge in [0.1, 0.15) is 0 Å². The molecular formula is C13H19BrN4. The largest absolute Gasteiger partial charge is 0.369 e. The number of rotatable bonds is 5. The van der Waals surface area contributed by atoms with Crippen molar-refractivity contribution in [3.63, 3.8) is 0 Å². The van der Waals surface area contributed by atoms with E-state index in [1.807, 2.05) is 12.1 Å². The van der Waals surface area contributed by atoms with E-state index in [0.29, 0.717) is 5.95 Å². The number of nitrogens with zero attached hydrogens (tertiary/aromatic N) is 3. The predicted molar refractivity (Wildman–Crippen MR) is 79.6 cm³/mol. The molecule has 98 valence electrons. The number of aromatic nitrogens is 2. The van der Waals surface area contributed by atoms with Gasteiger partial charge in [-0.15, -0.1) is 0 Å². The summed E-state index contributed by atoms with van der Waals surface area (Å²) >= 11 is 3.49. The lowest BCUT2D eigenvalue weighted by Crippen LogP contribution is -2.13. The SMILES string of the molecule is CN(C)CCCCn1c(N)nc2ccc(Br)cc21. The van der Waals surface area contributed by atoms with Crippen molar-refractivity contribution in [1.29, 1.82) is 0 Å². The van der Waals surface area contributed by atoms with Crippen molar-refractivity contribution >= 4 is 32.9 Å². The second kappa shape index (κ2) is 5.71. The Bertz CT molecular complexity index is 533. The van der Waals surface area contributed by atoms with Crippen LogP contribution in [0.1, 0.15) is 12.8 Å². The zero-order chi connectivity index (χ0) is 13.1. The van der Waals surface area contributed by atoms with E-state index >= 15 is 0 Å². The van der Waals surface area contributed by atoms with Gasteiger partial charge in [-0.25, -0.2) is 4.98 Å². The van der Waals surface area contributed by atoms with Crippen LogP contribution in [0.2, 0.25) is 0 Å². The number of hydrogen-bond donors (Lipinski definition) is 1. The van der Waals surface area contributed by atoms with Crippen molar-refractivity contribution < 1.29 is 0 Å². The number of imidazole rings is 1.